The first-order valence-corrected chi connectivity index (χ1v) is 21.0. The number of alkyl carbamates (subject to hydrolysis) is 1. The number of carbonyl (C=O) groups excluding carboxylic acids is 4. The van der Waals surface area contributed by atoms with Gasteiger partial charge < -0.3 is 35.6 Å². The predicted octanol–water partition coefficient (Wildman–Crippen LogP) is 6.39. The van der Waals surface area contributed by atoms with Crippen molar-refractivity contribution in [1.29, 1.82) is 0 Å². The van der Waals surface area contributed by atoms with E-state index in [1.54, 1.807) is 9.80 Å². The molecule has 1 saturated heterocycles. The zero-order valence-corrected chi connectivity index (χ0v) is 37.1. The highest BCUT2D eigenvalue weighted by atomic mass is 16.5. The molecule has 4 N–H and O–H groups in total. The van der Waals surface area contributed by atoms with E-state index in [-0.39, 0.29) is 24.8 Å². The van der Waals surface area contributed by atoms with Gasteiger partial charge in [0.15, 0.2) is 0 Å². The van der Waals surface area contributed by atoms with Gasteiger partial charge >= 0.3 is 12.1 Å². The number of carbonyl (C=O) groups is 4. The lowest BCUT2D eigenvalue weighted by molar-refractivity contribution is -0.130. The Labute approximate surface area is 360 Å². The number of nitrogens with zero attached hydrogens (tertiary/aromatic N) is 4. The van der Waals surface area contributed by atoms with Gasteiger partial charge in [-0.1, -0.05) is 108 Å². The summed E-state index contributed by atoms with van der Waals surface area (Å²) in [5.41, 5.74) is 4.89. The first-order valence-electron chi connectivity index (χ1n) is 21.0. The largest absolute Gasteiger partial charge is 0.453 e. The summed E-state index contributed by atoms with van der Waals surface area (Å²) in [4.78, 5) is 67.5. The van der Waals surface area contributed by atoms with Gasteiger partial charge in [-0.2, -0.15) is 0 Å². The molecule has 1 aliphatic rings. The van der Waals surface area contributed by atoms with E-state index in [1.165, 1.54) is 7.11 Å². The molecule has 61 heavy (non-hydrogen) atoms. The summed E-state index contributed by atoms with van der Waals surface area (Å²) in [6.07, 6.45) is 0.598. The van der Waals surface area contributed by atoms with E-state index >= 15 is 0 Å². The van der Waals surface area contributed by atoms with Gasteiger partial charge in [-0.05, 0) is 78.8 Å². The van der Waals surface area contributed by atoms with E-state index in [4.69, 9.17) is 4.74 Å². The number of aliphatic hydroxyl groups is 1. The SMILES string of the molecule is COC(=O)N[C@H](C(=O)N[C@@H](Cc1ccc(-c2ccc(C)cn2)cc1)[C@@H](O)C[C@H](Cc1ccccc1)NC(=O)[C@@H](N1CCN(Cc2cccc(C)n2)C1=O)C(C)(C)C)C(C)(C)C. The van der Waals surface area contributed by atoms with Crippen molar-refractivity contribution in [2.45, 2.75) is 111 Å². The number of urea groups is 1. The van der Waals surface area contributed by atoms with Crippen molar-refractivity contribution in [2.24, 2.45) is 10.8 Å². The van der Waals surface area contributed by atoms with Crippen molar-refractivity contribution in [3.63, 3.8) is 0 Å². The summed E-state index contributed by atoms with van der Waals surface area (Å²) in [6.45, 7) is 16.4. The van der Waals surface area contributed by atoms with E-state index in [9.17, 15) is 24.3 Å². The molecular formula is C48H63N7O6. The second-order valence-electron chi connectivity index (χ2n) is 18.3. The van der Waals surface area contributed by atoms with Crippen LogP contribution in [-0.4, -0.2) is 99.3 Å². The Morgan fingerprint density at radius 1 is 0.787 bits per heavy atom. The molecule has 0 spiro atoms. The molecule has 3 heterocycles. The first-order chi connectivity index (χ1) is 28.8. The molecule has 1 aliphatic heterocycles. The van der Waals surface area contributed by atoms with Crippen molar-refractivity contribution in [3.8, 4) is 11.3 Å². The Morgan fingerprint density at radius 3 is 2.08 bits per heavy atom. The maximum Gasteiger partial charge on any atom is 0.407 e. The molecule has 0 radical (unpaired) electrons. The van der Waals surface area contributed by atoms with Gasteiger partial charge in [0, 0.05) is 36.6 Å². The number of hydrogen-bond donors (Lipinski definition) is 4. The number of nitrogens with one attached hydrogen (secondary N) is 3. The molecule has 5 rings (SSSR count). The third-order valence-electron chi connectivity index (χ3n) is 11.0. The number of amides is 5. The summed E-state index contributed by atoms with van der Waals surface area (Å²) < 4.78 is 4.84. The minimum absolute atomic E-state index is 0.0670. The Hall–Kier alpha value is -5.82. The zero-order chi connectivity index (χ0) is 44.5. The zero-order valence-electron chi connectivity index (χ0n) is 37.1. The quantitative estimate of drug-likeness (QED) is 0.101. The van der Waals surface area contributed by atoms with Crippen molar-refractivity contribution >= 4 is 23.9 Å². The second-order valence-corrected chi connectivity index (χ2v) is 18.3. The van der Waals surface area contributed by atoms with Crippen LogP contribution in [0.1, 0.15) is 76.0 Å². The molecule has 0 aliphatic carbocycles. The Bertz CT molecular complexity index is 2100. The maximum atomic E-state index is 14.6. The number of ether oxygens (including phenoxy) is 1. The van der Waals surface area contributed by atoms with Crippen molar-refractivity contribution in [1.82, 2.24) is 35.7 Å². The number of methoxy groups -OCH3 is 1. The van der Waals surface area contributed by atoms with Crippen LogP contribution in [-0.2, 0) is 33.7 Å². The van der Waals surface area contributed by atoms with E-state index in [0.717, 1.165) is 39.3 Å². The summed E-state index contributed by atoms with van der Waals surface area (Å²) in [5, 5.41) is 21.2. The van der Waals surface area contributed by atoms with Gasteiger partial charge in [-0.15, -0.1) is 0 Å². The highest BCUT2D eigenvalue weighted by Gasteiger charge is 2.44. The molecule has 5 atom stereocenters. The average molecular weight is 834 g/mol. The lowest BCUT2D eigenvalue weighted by Crippen LogP contribution is -2.59. The molecule has 0 bridgehead atoms. The van der Waals surface area contributed by atoms with Crippen molar-refractivity contribution in [3.05, 3.63) is 119 Å². The van der Waals surface area contributed by atoms with Gasteiger partial charge in [0.1, 0.15) is 12.1 Å². The number of aromatic nitrogens is 2. The Morgan fingerprint density at radius 2 is 1.48 bits per heavy atom. The monoisotopic (exact) mass is 833 g/mol. The van der Waals surface area contributed by atoms with Crippen LogP contribution < -0.4 is 16.0 Å². The van der Waals surface area contributed by atoms with E-state index in [2.05, 4.69) is 25.9 Å². The van der Waals surface area contributed by atoms with E-state index in [1.807, 2.05) is 147 Å². The van der Waals surface area contributed by atoms with Crippen LogP contribution in [0.3, 0.4) is 0 Å². The summed E-state index contributed by atoms with van der Waals surface area (Å²) >= 11 is 0. The summed E-state index contributed by atoms with van der Waals surface area (Å²) in [6, 6.07) is 23.7. The fourth-order valence-electron chi connectivity index (χ4n) is 7.81. The topological polar surface area (TPSA) is 166 Å². The Balaban J connectivity index is 1.42. The predicted molar refractivity (Wildman–Crippen MR) is 236 cm³/mol. The standard InChI is InChI=1S/C48H63N7O6/c1-31-18-23-38(49-29-31)35-21-19-34(20-22-35)27-39(52-43(57)41(47(3,4)5)53-45(59)61-9)40(56)28-37(26-33-15-11-10-12-16-33)51-44(58)42(48(6,7)8)55-25-24-54(46(55)60)30-36-17-13-14-32(2)50-36/h10-23,29,37,39-42,56H,24-28,30H2,1-9H3,(H,51,58)(H,52,57)(H,53,59)/t37-,39-,40-,41+,42+/m0/s1. The summed E-state index contributed by atoms with van der Waals surface area (Å²) in [7, 11) is 1.24. The van der Waals surface area contributed by atoms with Crippen molar-refractivity contribution < 1.29 is 29.0 Å². The molecule has 2 aromatic carbocycles. The Kier molecular flexibility index (Phi) is 15.3. The summed E-state index contributed by atoms with van der Waals surface area (Å²) in [5.74, 6) is -0.822. The smallest absolute Gasteiger partial charge is 0.407 e. The lowest BCUT2D eigenvalue weighted by Gasteiger charge is -2.38. The van der Waals surface area contributed by atoms with E-state index in [0.29, 0.717) is 26.1 Å². The molecule has 4 aromatic rings. The number of aryl methyl sites for hydroxylation is 2. The van der Waals surface area contributed by atoms with Crippen molar-refractivity contribution in [2.75, 3.05) is 20.2 Å². The molecule has 326 valence electrons. The van der Waals surface area contributed by atoms with Crippen LogP contribution in [0.25, 0.3) is 11.3 Å². The number of pyridine rings is 2. The van der Waals surface area contributed by atoms with Crippen LogP contribution in [0, 0.1) is 24.7 Å². The average Bonchev–Trinajstić information content (AvgIpc) is 3.54. The van der Waals surface area contributed by atoms with Gasteiger partial charge in [0.05, 0.1) is 37.2 Å². The fourth-order valence-corrected chi connectivity index (χ4v) is 7.81. The molecule has 1 fully saturated rings. The van der Waals surface area contributed by atoms with Gasteiger partial charge in [-0.25, -0.2) is 9.59 Å². The number of rotatable bonds is 16. The molecule has 13 heteroatoms. The fraction of sp³-hybridized carbons (Fsp3) is 0.458. The second kappa shape index (κ2) is 20.2. The first kappa shape index (κ1) is 46.2. The van der Waals surface area contributed by atoms with Crippen LogP contribution in [0.5, 0.6) is 0 Å². The molecule has 5 amide bonds. The highest BCUT2D eigenvalue weighted by molar-refractivity contribution is 5.89. The van der Waals surface area contributed by atoms with Crippen LogP contribution in [0.15, 0.2) is 91.1 Å². The van der Waals surface area contributed by atoms with Crippen LogP contribution >= 0.6 is 0 Å². The van der Waals surface area contributed by atoms with Crippen LogP contribution in [0.2, 0.25) is 0 Å². The van der Waals surface area contributed by atoms with E-state index < -0.39 is 53.1 Å². The third-order valence-corrected chi connectivity index (χ3v) is 11.0. The molecular weight excluding hydrogens is 771 g/mol. The molecule has 0 unspecified atom stereocenters. The minimum Gasteiger partial charge on any atom is -0.453 e. The minimum atomic E-state index is -1.16. The molecule has 13 nitrogen and oxygen atoms in total. The van der Waals surface area contributed by atoms with Gasteiger partial charge in [0.25, 0.3) is 0 Å². The van der Waals surface area contributed by atoms with Gasteiger partial charge in [-0.3, -0.25) is 19.6 Å². The molecule has 0 saturated carbocycles. The number of benzene rings is 2. The maximum absolute atomic E-state index is 14.6. The highest BCUT2D eigenvalue weighted by Crippen LogP contribution is 2.29. The molecule has 2 aromatic heterocycles. The van der Waals surface area contributed by atoms with Gasteiger partial charge in [0.2, 0.25) is 11.8 Å². The number of aliphatic hydroxyl groups excluding tert-OH is 1. The lowest BCUT2D eigenvalue weighted by atomic mass is 9.84. The normalized spacial score (nSPS) is 15.7. The number of hydrogen-bond acceptors (Lipinski definition) is 8. The van der Waals surface area contributed by atoms with Crippen LogP contribution in [0.4, 0.5) is 9.59 Å². The third kappa shape index (κ3) is 12.8.